The zero-order valence-corrected chi connectivity index (χ0v) is 17.9. The van der Waals surface area contributed by atoms with Crippen LogP contribution in [0.3, 0.4) is 0 Å². The van der Waals surface area contributed by atoms with Crippen molar-refractivity contribution in [1.82, 2.24) is 9.88 Å². The summed E-state index contributed by atoms with van der Waals surface area (Å²) in [5.74, 6) is 2.41. The molecule has 28 heavy (non-hydrogen) atoms. The number of hydrogen-bond donors (Lipinski definition) is 1. The molecule has 2 atom stereocenters. The normalized spacial score (nSPS) is 23.1. The number of likely N-dealkylation sites (tertiary alicyclic amines) is 1. The molecule has 4 rings (SSSR count). The Bertz CT molecular complexity index is 855. The van der Waals surface area contributed by atoms with Crippen LogP contribution in [0.25, 0.3) is 10.9 Å². The zero-order valence-electron chi connectivity index (χ0n) is 17.1. The number of anilines is 2. The molecule has 0 saturated carbocycles. The van der Waals surface area contributed by atoms with Gasteiger partial charge in [0, 0.05) is 37.3 Å². The van der Waals surface area contributed by atoms with Crippen molar-refractivity contribution in [2.75, 3.05) is 49.6 Å². The van der Waals surface area contributed by atoms with Crippen molar-refractivity contribution in [2.24, 2.45) is 11.8 Å². The molecule has 0 radical (unpaired) electrons. The molecule has 3 heterocycles. The summed E-state index contributed by atoms with van der Waals surface area (Å²) >= 11 is 5.70. The van der Waals surface area contributed by atoms with Crippen molar-refractivity contribution >= 4 is 39.7 Å². The summed E-state index contributed by atoms with van der Waals surface area (Å²) in [6.07, 6.45) is 1.28. The van der Waals surface area contributed by atoms with E-state index < -0.39 is 0 Å². The number of rotatable bonds is 2. The lowest BCUT2D eigenvalue weighted by Gasteiger charge is -2.36. The van der Waals surface area contributed by atoms with E-state index in [0.29, 0.717) is 11.8 Å². The third-order valence-corrected chi connectivity index (χ3v) is 6.10. The van der Waals surface area contributed by atoms with Gasteiger partial charge in [-0.1, -0.05) is 13.8 Å². The number of thiocarbonyl (C=S) groups is 1. The minimum atomic E-state index is 0.685. The van der Waals surface area contributed by atoms with Crippen LogP contribution < -0.4 is 10.2 Å². The number of piperidine rings is 1. The van der Waals surface area contributed by atoms with Crippen LogP contribution in [-0.2, 0) is 4.74 Å². The van der Waals surface area contributed by atoms with Gasteiger partial charge in [-0.15, -0.1) is 0 Å². The van der Waals surface area contributed by atoms with Crippen LogP contribution >= 0.6 is 12.2 Å². The molecule has 2 fully saturated rings. The second kappa shape index (κ2) is 8.21. The van der Waals surface area contributed by atoms with Crippen LogP contribution in [0.5, 0.6) is 0 Å². The molecule has 0 amide bonds. The number of morpholine rings is 1. The predicted molar refractivity (Wildman–Crippen MR) is 120 cm³/mol. The van der Waals surface area contributed by atoms with E-state index in [1.165, 1.54) is 17.4 Å². The molecule has 1 aromatic carbocycles. The van der Waals surface area contributed by atoms with Crippen LogP contribution in [0.15, 0.2) is 24.3 Å². The summed E-state index contributed by atoms with van der Waals surface area (Å²) in [4.78, 5) is 9.50. The molecule has 2 aromatic rings. The number of hydrogen-bond acceptors (Lipinski definition) is 4. The Balaban J connectivity index is 1.52. The van der Waals surface area contributed by atoms with Gasteiger partial charge in [0.05, 0.1) is 18.7 Å². The predicted octanol–water partition coefficient (Wildman–Crippen LogP) is 4.05. The Morgan fingerprint density at radius 1 is 1.14 bits per heavy atom. The number of aromatic nitrogens is 1. The molecule has 2 aliphatic heterocycles. The standard InChI is InChI=1S/C22H30N4OS/c1-15-10-16(2)14-26(13-15)22(28)23-18-4-5-20-19(12-18)17(3)11-21(24-20)25-6-8-27-9-7-25/h4-5,11-12,15-16H,6-10,13-14H2,1-3H3,(H,23,28)/t15-,16+. The molecular weight excluding hydrogens is 368 g/mol. The van der Waals surface area contributed by atoms with Crippen LogP contribution in [0.4, 0.5) is 11.5 Å². The molecule has 1 N–H and O–H groups in total. The summed E-state index contributed by atoms with van der Waals surface area (Å²) < 4.78 is 5.46. The third-order valence-electron chi connectivity index (χ3n) is 5.74. The number of benzene rings is 1. The Kier molecular flexibility index (Phi) is 5.69. The monoisotopic (exact) mass is 398 g/mol. The molecule has 0 spiro atoms. The van der Waals surface area contributed by atoms with E-state index in [1.54, 1.807) is 0 Å². The molecule has 5 nitrogen and oxygen atoms in total. The molecule has 1 aromatic heterocycles. The fourth-order valence-corrected chi connectivity index (χ4v) is 4.71. The van der Waals surface area contributed by atoms with Crippen molar-refractivity contribution in [2.45, 2.75) is 27.2 Å². The second-order valence-electron chi connectivity index (χ2n) is 8.41. The van der Waals surface area contributed by atoms with E-state index in [-0.39, 0.29) is 0 Å². The molecule has 0 bridgehead atoms. The highest BCUT2D eigenvalue weighted by Gasteiger charge is 2.23. The van der Waals surface area contributed by atoms with E-state index in [9.17, 15) is 0 Å². The van der Waals surface area contributed by atoms with Gasteiger partial charge in [-0.25, -0.2) is 4.98 Å². The number of nitrogens with zero attached hydrogens (tertiary/aromatic N) is 3. The van der Waals surface area contributed by atoms with E-state index in [2.05, 4.69) is 60.2 Å². The molecule has 150 valence electrons. The van der Waals surface area contributed by atoms with Gasteiger partial charge in [-0.2, -0.15) is 0 Å². The fraction of sp³-hybridized carbons (Fsp3) is 0.545. The topological polar surface area (TPSA) is 40.6 Å². The maximum Gasteiger partial charge on any atom is 0.173 e. The van der Waals surface area contributed by atoms with Crippen molar-refractivity contribution in [3.05, 3.63) is 29.8 Å². The summed E-state index contributed by atoms with van der Waals surface area (Å²) in [6, 6.07) is 8.53. The van der Waals surface area contributed by atoms with Crippen LogP contribution in [0.2, 0.25) is 0 Å². The largest absolute Gasteiger partial charge is 0.378 e. The Hall–Kier alpha value is -1.92. The first-order valence-electron chi connectivity index (χ1n) is 10.3. The molecular formula is C22H30N4OS. The third kappa shape index (κ3) is 4.23. The highest BCUT2D eigenvalue weighted by atomic mass is 32.1. The van der Waals surface area contributed by atoms with Crippen LogP contribution in [0, 0.1) is 18.8 Å². The molecule has 0 unspecified atom stereocenters. The molecule has 0 aliphatic carbocycles. The average Bonchev–Trinajstić information content (AvgIpc) is 2.68. The average molecular weight is 399 g/mol. The zero-order chi connectivity index (χ0) is 19.7. The fourth-order valence-electron chi connectivity index (χ4n) is 4.44. The summed E-state index contributed by atoms with van der Waals surface area (Å²) in [7, 11) is 0. The Morgan fingerprint density at radius 3 is 2.57 bits per heavy atom. The molecule has 2 aliphatic rings. The summed E-state index contributed by atoms with van der Waals surface area (Å²) in [5.41, 5.74) is 3.30. The van der Waals surface area contributed by atoms with Gasteiger partial charge in [0.1, 0.15) is 5.82 Å². The van der Waals surface area contributed by atoms with Gasteiger partial charge in [0.25, 0.3) is 0 Å². The summed E-state index contributed by atoms with van der Waals surface area (Å²) in [5, 5.41) is 5.45. The number of aryl methyl sites for hydroxylation is 1. The highest BCUT2D eigenvalue weighted by molar-refractivity contribution is 7.80. The number of pyridine rings is 1. The van der Waals surface area contributed by atoms with Crippen molar-refractivity contribution in [1.29, 1.82) is 0 Å². The Labute approximate surface area is 173 Å². The second-order valence-corrected chi connectivity index (χ2v) is 8.80. The smallest absolute Gasteiger partial charge is 0.173 e. The molecule has 6 heteroatoms. The lowest BCUT2D eigenvalue weighted by molar-refractivity contribution is 0.122. The van der Waals surface area contributed by atoms with Crippen LogP contribution in [-0.4, -0.2) is 54.4 Å². The van der Waals surface area contributed by atoms with E-state index in [4.69, 9.17) is 21.9 Å². The Morgan fingerprint density at radius 2 is 1.86 bits per heavy atom. The lowest BCUT2D eigenvalue weighted by Crippen LogP contribution is -2.44. The number of fused-ring (bicyclic) bond motifs is 1. The van der Waals surface area contributed by atoms with Gasteiger partial charge in [-0.05, 0) is 67.2 Å². The quantitative estimate of drug-likeness (QED) is 0.770. The maximum atomic E-state index is 5.70. The van der Waals surface area contributed by atoms with Crippen LogP contribution in [0.1, 0.15) is 25.8 Å². The minimum Gasteiger partial charge on any atom is -0.378 e. The van der Waals surface area contributed by atoms with Crippen molar-refractivity contribution in [3.63, 3.8) is 0 Å². The minimum absolute atomic E-state index is 0.685. The van der Waals surface area contributed by atoms with E-state index in [1.807, 2.05) is 0 Å². The first kappa shape index (κ1) is 19.4. The summed E-state index contributed by atoms with van der Waals surface area (Å²) in [6.45, 7) is 12.2. The molecule has 2 saturated heterocycles. The van der Waals surface area contributed by atoms with Gasteiger partial charge in [0.2, 0.25) is 0 Å². The SMILES string of the molecule is Cc1cc(N2CCOCC2)nc2ccc(NC(=S)N3C[C@H](C)C[C@H](C)C3)cc12. The number of ether oxygens (including phenoxy) is 1. The van der Waals surface area contributed by atoms with Gasteiger partial charge < -0.3 is 19.9 Å². The lowest BCUT2D eigenvalue weighted by atomic mass is 9.92. The van der Waals surface area contributed by atoms with Gasteiger partial charge in [0.15, 0.2) is 5.11 Å². The van der Waals surface area contributed by atoms with Crippen molar-refractivity contribution in [3.8, 4) is 0 Å². The van der Waals surface area contributed by atoms with Gasteiger partial charge >= 0.3 is 0 Å². The van der Waals surface area contributed by atoms with E-state index >= 15 is 0 Å². The van der Waals surface area contributed by atoms with Crippen molar-refractivity contribution < 1.29 is 4.74 Å². The first-order chi connectivity index (χ1) is 13.5. The van der Waals surface area contributed by atoms with Gasteiger partial charge in [-0.3, -0.25) is 0 Å². The highest BCUT2D eigenvalue weighted by Crippen LogP contribution is 2.27. The number of nitrogens with one attached hydrogen (secondary N) is 1. The first-order valence-corrected chi connectivity index (χ1v) is 10.7. The maximum absolute atomic E-state index is 5.70. The van der Waals surface area contributed by atoms with E-state index in [0.717, 1.165) is 61.5 Å².